The van der Waals surface area contributed by atoms with Crippen LogP contribution in [0.3, 0.4) is 0 Å². The molecule has 0 aromatic carbocycles. The van der Waals surface area contributed by atoms with Crippen LogP contribution in [0, 0.1) is 0 Å². The van der Waals surface area contributed by atoms with Gasteiger partial charge in [-0.25, -0.2) is 0 Å². The molecule has 1 aliphatic carbocycles. The number of anilines is 1. The minimum absolute atomic E-state index is 0.0309. The van der Waals surface area contributed by atoms with E-state index in [4.69, 9.17) is 0 Å². The fraction of sp³-hybridized carbons (Fsp3) is 0.643. The van der Waals surface area contributed by atoms with E-state index in [0.29, 0.717) is 11.7 Å². The smallest absolute Gasteiger partial charge is 0.241 e. The molecule has 7 heteroatoms. The quantitative estimate of drug-likeness (QED) is 0.725. The summed E-state index contributed by atoms with van der Waals surface area (Å²) < 4.78 is 1.54. The fourth-order valence-electron chi connectivity index (χ4n) is 2.47. The van der Waals surface area contributed by atoms with Gasteiger partial charge < -0.3 is 16.0 Å². The third kappa shape index (κ3) is 4.04. The van der Waals surface area contributed by atoms with E-state index in [0.717, 1.165) is 38.6 Å². The van der Waals surface area contributed by atoms with Gasteiger partial charge in [-0.15, -0.1) is 0 Å². The average molecular weight is 291 g/mol. The molecule has 2 heterocycles. The van der Waals surface area contributed by atoms with E-state index in [1.54, 1.807) is 17.1 Å². The zero-order valence-electron chi connectivity index (χ0n) is 12.0. The number of hydrogen-bond donors (Lipinski definition) is 3. The van der Waals surface area contributed by atoms with E-state index in [2.05, 4.69) is 21.0 Å². The summed E-state index contributed by atoms with van der Waals surface area (Å²) in [7, 11) is 0. The van der Waals surface area contributed by atoms with E-state index in [-0.39, 0.29) is 24.4 Å². The SMILES string of the molecule is O=C(Cn1cc(NC(=O)[C@@H]2CCCCN2)cn1)NC1CC1. The van der Waals surface area contributed by atoms with Crippen LogP contribution in [0.4, 0.5) is 5.69 Å². The van der Waals surface area contributed by atoms with Crippen molar-refractivity contribution in [3.63, 3.8) is 0 Å². The van der Waals surface area contributed by atoms with Crippen molar-refractivity contribution in [2.24, 2.45) is 0 Å². The molecule has 1 aliphatic heterocycles. The highest BCUT2D eigenvalue weighted by Crippen LogP contribution is 2.18. The maximum absolute atomic E-state index is 12.1. The molecule has 21 heavy (non-hydrogen) atoms. The van der Waals surface area contributed by atoms with Gasteiger partial charge in [0.2, 0.25) is 11.8 Å². The number of carbonyl (C=O) groups excluding carboxylic acids is 2. The normalized spacial score (nSPS) is 21.8. The first-order chi connectivity index (χ1) is 10.2. The highest BCUT2D eigenvalue weighted by atomic mass is 16.2. The first kappa shape index (κ1) is 14.1. The topological polar surface area (TPSA) is 88.1 Å². The number of piperidine rings is 1. The van der Waals surface area contributed by atoms with E-state index in [1.165, 1.54) is 0 Å². The van der Waals surface area contributed by atoms with Crippen LogP contribution in [0.25, 0.3) is 0 Å². The van der Waals surface area contributed by atoms with Gasteiger partial charge in [-0.3, -0.25) is 14.3 Å². The van der Waals surface area contributed by atoms with Crippen molar-refractivity contribution < 1.29 is 9.59 Å². The van der Waals surface area contributed by atoms with Gasteiger partial charge in [-0.1, -0.05) is 6.42 Å². The second kappa shape index (κ2) is 6.26. The molecule has 0 spiro atoms. The molecule has 114 valence electrons. The summed E-state index contributed by atoms with van der Waals surface area (Å²) >= 11 is 0. The average Bonchev–Trinajstić information content (AvgIpc) is 3.19. The van der Waals surface area contributed by atoms with Gasteiger partial charge in [0.15, 0.2) is 0 Å². The number of aromatic nitrogens is 2. The van der Waals surface area contributed by atoms with Crippen LogP contribution >= 0.6 is 0 Å². The Balaban J connectivity index is 1.49. The minimum atomic E-state index is -0.125. The van der Waals surface area contributed by atoms with Gasteiger partial charge >= 0.3 is 0 Å². The molecule has 1 saturated heterocycles. The first-order valence-corrected chi connectivity index (χ1v) is 7.57. The van der Waals surface area contributed by atoms with Gasteiger partial charge in [0.1, 0.15) is 6.54 Å². The van der Waals surface area contributed by atoms with Gasteiger partial charge in [0.25, 0.3) is 0 Å². The zero-order chi connectivity index (χ0) is 14.7. The largest absolute Gasteiger partial charge is 0.352 e. The molecule has 2 fully saturated rings. The summed E-state index contributed by atoms with van der Waals surface area (Å²) in [5.74, 6) is -0.0656. The highest BCUT2D eigenvalue weighted by Gasteiger charge is 2.23. The van der Waals surface area contributed by atoms with E-state index in [1.807, 2.05) is 0 Å². The molecule has 1 atom stereocenters. The van der Waals surface area contributed by atoms with Crippen molar-refractivity contribution in [1.82, 2.24) is 20.4 Å². The Kier molecular flexibility index (Phi) is 4.19. The first-order valence-electron chi connectivity index (χ1n) is 7.57. The lowest BCUT2D eigenvalue weighted by molar-refractivity contribution is -0.122. The molecule has 0 unspecified atom stereocenters. The summed E-state index contributed by atoms with van der Waals surface area (Å²) in [5, 5.41) is 13.1. The summed E-state index contributed by atoms with van der Waals surface area (Å²) in [4.78, 5) is 23.7. The third-order valence-corrected chi connectivity index (χ3v) is 3.78. The standard InChI is InChI=1S/C14H21N5O2/c20-13(17-10-4-5-10)9-19-8-11(7-16-19)18-14(21)12-3-1-2-6-15-12/h7-8,10,12,15H,1-6,9H2,(H,17,20)(H,18,21)/t12-/m0/s1. The lowest BCUT2D eigenvalue weighted by Gasteiger charge is -2.22. The predicted molar refractivity (Wildman–Crippen MR) is 77.7 cm³/mol. The van der Waals surface area contributed by atoms with Crippen molar-refractivity contribution in [1.29, 1.82) is 0 Å². The van der Waals surface area contributed by atoms with Crippen molar-refractivity contribution >= 4 is 17.5 Å². The van der Waals surface area contributed by atoms with Crippen molar-refractivity contribution in [2.75, 3.05) is 11.9 Å². The molecule has 1 aromatic heterocycles. The number of nitrogens with zero attached hydrogens (tertiary/aromatic N) is 2. The van der Waals surface area contributed by atoms with Gasteiger partial charge in [-0.05, 0) is 32.2 Å². The van der Waals surface area contributed by atoms with Crippen LogP contribution in [-0.4, -0.2) is 40.2 Å². The molecule has 2 amide bonds. The molecule has 3 N–H and O–H groups in total. The maximum Gasteiger partial charge on any atom is 0.241 e. The van der Waals surface area contributed by atoms with Crippen LogP contribution < -0.4 is 16.0 Å². The van der Waals surface area contributed by atoms with Crippen LogP contribution in [0.2, 0.25) is 0 Å². The van der Waals surface area contributed by atoms with Crippen molar-refractivity contribution in [2.45, 2.75) is 50.7 Å². The molecule has 7 nitrogen and oxygen atoms in total. The Bertz CT molecular complexity index is 517. The van der Waals surface area contributed by atoms with Gasteiger partial charge in [0, 0.05) is 12.2 Å². The maximum atomic E-state index is 12.1. The number of hydrogen-bond acceptors (Lipinski definition) is 4. The molecule has 1 aromatic rings. The van der Waals surface area contributed by atoms with E-state index in [9.17, 15) is 9.59 Å². The lowest BCUT2D eigenvalue weighted by atomic mass is 10.0. The summed E-state index contributed by atoms with van der Waals surface area (Å²) in [6, 6.07) is 0.227. The summed E-state index contributed by atoms with van der Waals surface area (Å²) in [5.41, 5.74) is 0.631. The monoisotopic (exact) mass is 291 g/mol. The number of carbonyl (C=O) groups is 2. The van der Waals surface area contributed by atoms with Crippen LogP contribution in [0.5, 0.6) is 0 Å². The molecule has 0 bridgehead atoms. The summed E-state index contributed by atoms with van der Waals surface area (Å²) in [6.07, 6.45) is 8.46. The van der Waals surface area contributed by atoms with Crippen molar-refractivity contribution in [3.05, 3.63) is 12.4 Å². The van der Waals surface area contributed by atoms with Gasteiger partial charge in [-0.2, -0.15) is 5.10 Å². The molecule has 0 radical (unpaired) electrons. The Morgan fingerprint density at radius 2 is 2.19 bits per heavy atom. The van der Waals surface area contributed by atoms with Crippen LogP contribution in [0.1, 0.15) is 32.1 Å². The predicted octanol–water partition coefficient (Wildman–Crippen LogP) is 0.242. The van der Waals surface area contributed by atoms with E-state index >= 15 is 0 Å². The number of amides is 2. The Hall–Kier alpha value is -1.89. The highest BCUT2D eigenvalue weighted by molar-refractivity contribution is 5.94. The van der Waals surface area contributed by atoms with Crippen LogP contribution in [-0.2, 0) is 16.1 Å². The second-order valence-corrected chi connectivity index (χ2v) is 5.76. The fourth-order valence-corrected chi connectivity index (χ4v) is 2.47. The Morgan fingerprint density at radius 3 is 2.90 bits per heavy atom. The van der Waals surface area contributed by atoms with Crippen LogP contribution in [0.15, 0.2) is 12.4 Å². The Labute approximate surface area is 123 Å². The third-order valence-electron chi connectivity index (χ3n) is 3.78. The van der Waals surface area contributed by atoms with E-state index < -0.39 is 0 Å². The molecule has 2 aliphatic rings. The van der Waals surface area contributed by atoms with Gasteiger partial charge in [0.05, 0.1) is 17.9 Å². The second-order valence-electron chi connectivity index (χ2n) is 5.76. The summed E-state index contributed by atoms with van der Waals surface area (Å²) in [6.45, 7) is 1.08. The zero-order valence-corrected chi connectivity index (χ0v) is 12.0. The Morgan fingerprint density at radius 1 is 1.33 bits per heavy atom. The molecular weight excluding hydrogens is 270 g/mol. The van der Waals surface area contributed by atoms with Crippen molar-refractivity contribution in [3.8, 4) is 0 Å². The molecule has 1 saturated carbocycles. The number of rotatable bonds is 5. The molecular formula is C14H21N5O2. The minimum Gasteiger partial charge on any atom is -0.352 e. The molecule has 3 rings (SSSR count). The number of nitrogens with one attached hydrogen (secondary N) is 3. The lowest BCUT2D eigenvalue weighted by Crippen LogP contribution is -2.43.